The number of nitrogens with two attached hydrogens (primary N) is 1. The predicted molar refractivity (Wildman–Crippen MR) is 111 cm³/mol. The van der Waals surface area contributed by atoms with E-state index >= 15 is 0 Å². The van der Waals surface area contributed by atoms with Crippen molar-refractivity contribution in [2.75, 3.05) is 33.3 Å². The lowest BCUT2D eigenvalue weighted by molar-refractivity contribution is -0.128. The Morgan fingerprint density at radius 1 is 1.28 bits per heavy atom. The molecular weight excluding hydrogens is 368 g/mol. The fraction of sp³-hybridized carbons (Fsp3) is 0.545. The Kier molecular flexibility index (Phi) is 5.76. The summed E-state index contributed by atoms with van der Waals surface area (Å²) in [4.78, 5) is 28.0. The maximum atomic E-state index is 12.0. The van der Waals surface area contributed by atoms with Crippen molar-refractivity contribution >= 4 is 22.7 Å². The van der Waals surface area contributed by atoms with Crippen LogP contribution in [0.4, 0.5) is 0 Å². The van der Waals surface area contributed by atoms with Crippen molar-refractivity contribution in [2.45, 2.75) is 38.8 Å². The van der Waals surface area contributed by atoms with Gasteiger partial charge >= 0.3 is 0 Å². The average molecular weight is 399 g/mol. The van der Waals surface area contributed by atoms with Crippen molar-refractivity contribution in [1.29, 1.82) is 0 Å². The molecule has 7 nitrogen and oxygen atoms in total. The van der Waals surface area contributed by atoms with Crippen LogP contribution in [-0.2, 0) is 22.7 Å². The summed E-state index contributed by atoms with van der Waals surface area (Å²) in [6.45, 7) is 4.83. The molecule has 2 aliphatic heterocycles. The first-order valence-electron chi connectivity index (χ1n) is 10.5. The first-order chi connectivity index (χ1) is 14.0. The normalized spacial score (nSPS) is 20.5. The second kappa shape index (κ2) is 8.45. The van der Waals surface area contributed by atoms with Crippen LogP contribution in [0.25, 0.3) is 10.9 Å². The van der Waals surface area contributed by atoms with E-state index < -0.39 is 0 Å². The van der Waals surface area contributed by atoms with E-state index in [4.69, 9.17) is 10.5 Å². The SMILES string of the molecule is COc1ccc2c(c1)c(CN1CCC[C@H](CN3CCCC3=O)C1)cn2CC(N)=O. The van der Waals surface area contributed by atoms with Crippen molar-refractivity contribution in [3.8, 4) is 5.75 Å². The number of ether oxygens (including phenoxy) is 1. The Balaban J connectivity index is 1.51. The average Bonchev–Trinajstić information content (AvgIpc) is 3.25. The van der Waals surface area contributed by atoms with E-state index in [2.05, 4.69) is 4.90 Å². The Hall–Kier alpha value is -2.54. The zero-order chi connectivity index (χ0) is 20.4. The lowest BCUT2D eigenvalue weighted by Crippen LogP contribution is -2.41. The smallest absolute Gasteiger partial charge is 0.237 e. The maximum Gasteiger partial charge on any atom is 0.237 e. The van der Waals surface area contributed by atoms with Crippen LogP contribution < -0.4 is 10.5 Å². The van der Waals surface area contributed by atoms with Crippen LogP contribution in [0.5, 0.6) is 5.75 Å². The molecule has 1 aromatic heterocycles. The van der Waals surface area contributed by atoms with Crippen molar-refractivity contribution in [3.63, 3.8) is 0 Å². The minimum absolute atomic E-state index is 0.169. The molecule has 29 heavy (non-hydrogen) atoms. The van der Waals surface area contributed by atoms with Crippen LogP contribution in [0.2, 0.25) is 0 Å². The van der Waals surface area contributed by atoms with Crippen LogP contribution in [-0.4, -0.2) is 59.5 Å². The molecule has 2 aromatic rings. The summed E-state index contributed by atoms with van der Waals surface area (Å²) < 4.78 is 7.33. The first-order valence-corrected chi connectivity index (χ1v) is 10.5. The Bertz CT molecular complexity index is 907. The number of fused-ring (bicyclic) bond motifs is 1. The molecule has 0 aliphatic carbocycles. The molecule has 2 saturated heterocycles. The number of aromatic nitrogens is 1. The Morgan fingerprint density at radius 2 is 2.14 bits per heavy atom. The number of piperidine rings is 1. The van der Waals surface area contributed by atoms with Crippen molar-refractivity contribution in [1.82, 2.24) is 14.4 Å². The van der Waals surface area contributed by atoms with Crippen molar-refractivity contribution in [2.24, 2.45) is 11.7 Å². The molecule has 7 heteroatoms. The third-order valence-corrected chi connectivity index (χ3v) is 6.14. The molecule has 0 bridgehead atoms. The number of nitrogens with zero attached hydrogens (tertiary/aromatic N) is 3. The summed E-state index contributed by atoms with van der Waals surface area (Å²) in [6, 6.07) is 5.93. The van der Waals surface area contributed by atoms with Gasteiger partial charge in [0.1, 0.15) is 12.3 Å². The number of hydrogen-bond donors (Lipinski definition) is 1. The van der Waals surface area contributed by atoms with Crippen LogP contribution in [0.15, 0.2) is 24.4 Å². The summed E-state index contributed by atoms with van der Waals surface area (Å²) in [5, 5.41) is 1.10. The first kappa shape index (κ1) is 19.8. The highest BCUT2D eigenvalue weighted by Crippen LogP contribution is 2.29. The largest absolute Gasteiger partial charge is 0.497 e. The van der Waals surface area contributed by atoms with Gasteiger partial charge in [-0.3, -0.25) is 14.5 Å². The van der Waals surface area contributed by atoms with Gasteiger partial charge in [-0.05, 0) is 55.5 Å². The summed E-state index contributed by atoms with van der Waals surface area (Å²) in [5.41, 5.74) is 7.62. The number of amides is 2. The van der Waals surface area contributed by atoms with Gasteiger partial charge in [0, 0.05) is 49.7 Å². The van der Waals surface area contributed by atoms with Crippen LogP contribution in [0.3, 0.4) is 0 Å². The molecule has 0 unspecified atom stereocenters. The van der Waals surface area contributed by atoms with E-state index in [1.165, 1.54) is 12.0 Å². The third kappa shape index (κ3) is 4.40. The van der Waals surface area contributed by atoms with E-state index in [0.717, 1.165) is 62.2 Å². The van der Waals surface area contributed by atoms with Crippen molar-refractivity contribution < 1.29 is 14.3 Å². The summed E-state index contributed by atoms with van der Waals surface area (Å²) in [6.07, 6.45) is 6.07. The van der Waals surface area contributed by atoms with E-state index in [0.29, 0.717) is 18.2 Å². The van der Waals surface area contributed by atoms with E-state index in [-0.39, 0.29) is 12.5 Å². The zero-order valence-corrected chi connectivity index (χ0v) is 17.1. The minimum Gasteiger partial charge on any atom is -0.497 e. The minimum atomic E-state index is -0.349. The topological polar surface area (TPSA) is 80.8 Å². The Labute approximate surface area is 171 Å². The number of benzene rings is 1. The fourth-order valence-electron chi connectivity index (χ4n) is 4.80. The monoisotopic (exact) mass is 398 g/mol. The molecule has 2 N–H and O–H groups in total. The molecule has 1 aromatic carbocycles. The summed E-state index contributed by atoms with van der Waals surface area (Å²) in [7, 11) is 1.66. The van der Waals surface area contributed by atoms with Crippen LogP contribution >= 0.6 is 0 Å². The number of methoxy groups -OCH3 is 1. The Morgan fingerprint density at radius 3 is 2.86 bits per heavy atom. The van der Waals surface area contributed by atoms with Gasteiger partial charge in [-0.25, -0.2) is 0 Å². The van der Waals surface area contributed by atoms with Gasteiger partial charge in [-0.15, -0.1) is 0 Å². The number of rotatable bonds is 7. The molecule has 4 rings (SSSR count). The number of likely N-dealkylation sites (tertiary alicyclic amines) is 2. The van der Waals surface area contributed by atoms with Gasteiger partial charge in [0.05, 0.1) is 7.11 Å². The number of carbonyl (C=O) groups excluding carboxylic acids is 2. The highest BCUT2D eigenvalue weighted by atomic mass is 16.5. The highest BCUT2D eigenvalue weighted by Gasteiger charge is 2.27. The molecule has 2 fully saturated rings. The number of hydrogen-bond acceptors (Lipinski definition) is 4. The molecule has 0 spiro atoms. The molecule has 1 atom stereocenters. The van der Waals surface area contributed by atoms with Gasteiger partial charge in [0.25, 0.3) is 0 Å². The highest BCUT2D eigenvalue weighted by molar-refractivity contribution is 5.87. The second-order valence-corrected chi connectivity index (χ2v) is 8.32. The van der Waals surface area contributed by atoms with Gasteiger partial charge in [-0.2, -0.15) is 0 Å². The quantitative estimate of drug-likeness (QED) is 0.773. The lowest BCUT2D eigenvalue weighted by atomic mass is 9.97. The zero-order valence-electron chi connectivity index (χ0n) is 17.1. The second-order valence-electron chi connectivity index (χ2n) is 8.32. The van der Waals surface area contributed by atoms with Gasteiger partial charge in [0.2, 0.25) is 11.8 Å². The van der Waals surface area contributed by atoms with E-state index in [1.807, 2.05) is 33.9 Å². The molecular formula is C22H30N4O3. The molecule has 0 saturated carbocycles. The lowest BCUT2D eigenvalue weighted by Gasteiger charge is -2.34. The standard InChI is InChI=1S/C22H30N4O3/c1-29-18-6-7-20-19(10-18)17(14-26(20)15-21(23)27)13-24-8-2-4-16(11-24)12-25-9-3-5-22(25)28/h6-7,10,14,16H,2-5,8-9,11-13,15H2,1H3,(H2,23,27)/t16-/m0/s1. The molecule has 156 valence electrons. The molecule has 3 heterocycles. The van der Waals surface area contributed by atoms with Crippen LogP contribution in [0.1, 0.15) is 31.2 Å². The van der Waals surface area contributed by atoms with Gasteiger partial charge < -0.3 is 19.9 Å². The van der Waals surface area contributed by atoms with Crippen LogP contribution in [0, 0.1) is 5.92 Å². The molecule has 2 amide bonds. The van der Waals surface area contributed by atoms with Gasteiger partial charge in [-0.1, -0.05) is 0 Å². The summed E-state index contributed by atoms with van der Waals surface area (Å²) in [5.74, 6) is 1.29. The summed E-state index contributed by atoms with van der Waals surface area (Å²) >= 11 is 0. The molecule has 0 radical (unpaired) electrons. The fourth-order valence-corrected chi connectivity index (χ4v) is 4.80. The van der Waals surface area contributed by atoms with Crippen molar-refractivity contribution in [3.05, 3.63) is 30.0 Å². The van der Waals surface area contributed by atoms with E-state index in [1.54, 1.807) is 7.11 Å². The molecule has 2 aliphatic rings. The maximum absolute atomic E-state index is 12.0. The predicted octanol–water partition coefficient (Wildman–Crippen LogP) is 1.97. The van der Waals surface area contributed by atoms with Gasteiger partial charge in [0.15, 0.2) is 0 Å². The number of primary amides is 1. The third-order valence-electron chi connectivity index (χ3n) is 6.14. The number of carbonyl (C=O) groups is 2. The van der Waals surface area contributed by atoms with E-state index in [9.17, 15) is 9.59 Å².